The number of carbonyl (C=O) groups excluding carboxylic acids is 3. The molecule has 12 nitrogen and oxygen atoms in total. The molecule has 0 spiro atoms. The van der Waals surface area contributed by atoms with Crippen molar-refractivity contribution >= 4 is 46.4 Å². The van der Waals surface area contributed by atoms with Gasteiger partial charge in [0.1, 0.15) is 22.9 Å². The van der Waals surface area contributed by atoms with Gasteiger partial charge in [-0.1, -0.05) is 46.9 Å². The number of aliphatic imine (C=N–C) groups is 1. The van der Waals surface area contributed by atoms with Gasteiger partial charge >= 0.3 is 0 Å². The number of hydrogen-bond donors (Lipinski definition) is 1. The predicted molar refractivity (Wildman–Crippen MR) is 199 cm³/mol. The van der Waals surface area contributed by atoms with Gasteiger partial charge in [0.25, 0.3) is 5.91 Å². The van der Waals surface area contributed by atoms with E-state index >= 15 is 0 Å². The standard InChI is InChI=1S/C39H32ClN9O3S/c1-22-32(53-39-34(22)35(26-11-13-27(40)14-12-26)41-23(2)36-45-43-24(3)49(36)39)17-15-28-20-47(46-44-28)19-6-4-5-8-25-9-7-10-29-30(25)21-48(38(29)52)31-16-18-33(50)42-37(31)51/h7,9-14,20,23,31H,4,6,16,18-19,21H2,1-3H3,(H,42,50,51)/t23-,31?/m0/s1. The molecule has 8 rings (SSSR count). The molecule has 2 atom stereocenters. The number of halogens is 1. The maximum Gasteiger partial charge on any atom is 0.255 e. The Labute approximate surface area is 314 Å². The summed E-state index contributed by atoms with van der Waals surface area (Å²) in [4.78, 5) is 44.7. The first kappa shape index (κ1) is 34.2. The lowest BCUT2D eigenvalue weighted by Gasteiger charge is -2.29. The summed E-state index contributed by atoms with van der Waals surface area (Å²) in [6.45, 7) is 6.93. The Hall–Kier alpha value is -5.89. The molecule has 3 aliphatic heterocycles. The molecule has 1 saturated heterocycles. The Kier molecular flexibility index (Phi) is 8.98. The summed E-state index contributed by atoms with van der Waals surface area (Å²) < 4.78 is 3.84. The number of aromatic nitrogens is 6. The normalized spacial score (nSPS) is 17.5. The SMILES string of the molecule is Cc1c(C#Cc2cn(CCCC#Cc3cccc4c3CN(C3CCC(=O)NC3=O)C4=O)nn2)sc2c1C(c1ccc(Cl)cc1)=N[C@@H](C)c1nnc(C)n1-2. The zero-order chi connectivity index (χ0) is 36.8. The number of nitrogens with zero attached hydrogens (tertiary/aromatic N) is 8. The van der Waals surface area contributed by atoms with E-state index < -0.39 is 11.9 Å². The second kappa shape index (κ2) is 13.9. The molecule has 2 aromatic carbocycles. The van der Waals surface area contributed by atoms with Crippen molar-refractivity contribution in [3.8, 4) is 28.7 Å². The van der Waals surface area contributed by atoms with Crippen molar-refractivity contribution in [2.24, 2.45) is 4.99 Å². The van der Waals surface area contributed by atoms with Crippen molar-refractivity contribution in [1.29, 1.82) is 0 Å². The fourth-order valence-electron chi connectivity index (χ4n) is 6.87. The molecule has 1 unspecified atom stereocenters. The van der Waals surface area contributed by atoms with Gasteiger partial charge in [0.15, 0.2) is 11.5 Å². The van der Waals surface area contributed by atoms with Gasteiger partial charge in [-0.15, -0.1) is 26.6 Å². The number of amides is 3. The van der Waals surface area contributed by atoms with Crippen molar-refractivity contribution in [3.63, 3.8) is 0 Å². The van der Waals surface area contributed by atoms with Crippen LogP contribution in [0.15, 0.2) is 53.7 Å². The highest BCUT2D eigenvalue weighted by molar-refractivity contribution is 7.15. The zero-order valence-electron chi connectivity index (χ0n) is 29.1. The smallest absolute Gasteiger partial charge is 0.255 e. The Morgan fingerprint density at radius 2 is 1.85 bits per heavy atom. The summed E-state index contributed by atoms with van der Waals surface area (Å²) in [5, 5.41) is 21.4. The van der Waals surface area contributed by atoms with Crippen molar-refractivity contribution in [3.05, 3.63) is 109 Å². The minimum absolute atomic E-state index is 0.195. The van der Waals surface area contributed by atoms with Gasteiger partial charge in [-0.3, -0.25) is 33.9 Å². The van der Waals surface area contributed by atoms with Crippen LogP contribution in [0.5, 0.6) is 0 Å². The number of rotatable bonds is 5. The van der Waals surface area contributed by atoms with E-state index in [-0.39, 0.29) is 24.3 Å². The number of aryl methyl sites for hydroxylation is 2. The summed E-state index contributed by atoms with van der Waals surface area (Å²) in [6, 6.07) is 12.3. The highest BCUT2D eigenvalue weighted by Crippen LogP contribution is 2.39. The Morgan fingerprint density at radius 1 is 1.02 bits per heavy atom. The number of thiophene rings is 1. The third kappa shape index (κ3) is 6.43. The number of unbranched alkanes of at least 4 members (excludes halogenated alkanes) is 1. The number of imide groups is 1. The van der Waals surface area contributed by atoms with E-state index in [0.717, 1.165) is 61.5 Å². The Bertz CT molecular complexity index is 2490. The van der Waals surface area contributed by atoms with Crippen molar-refractivity contribution < 1.29 is 14.4 Å². The van der Waals surface area contributed by atoms with Crippen molar-refractivity contribution in [1.82, 2.24) is 40.0 Å². The molecular formula is C39H32ClN9O3S. The number of hydrogen-bond acceptors (Lipinski definition) is 9. The van der Waals surface area contributed by atoms with Gasteiger partial charge in [0.05, 0.1) is 16.8 Å². The first-order valence-corrected chi connectivity index (χ1v) is 18.4. The lowest BCUT2D eigenvalue weighted by molar-refractivity contribution is -0.136. The fourth-order valence-corrected chi connectivity index (χ4v) is 8.22. The molecule has 6 heterocycles. The summed E-state index contributed by atoms with van der Waals surface area (Å²) in [7, 11) is 0. The Morgan fingerprint density at radius 3 is 2.66 bits per heavy atom. The van der Waals surface area contributed by atoms with Gasteiger partial charge in [0, 0.05) is 53.2 Å². The summed E-state index contributed by atoms with van der Waals surface area (Å²) in [6.07, 6.45) is 3.71. The second-order valence-electron chi connectivity index (χ2n) is 13.1. The fraction of sp³-hybridized carbons (Fsp3) is 0.282. The molecule has 3 amide bonds. The van der Waals surface area contributed by atoms with E-state index in [1.165, 1.54) is 0 Å². The molecule has 1 N–H and O–H groups in total. The number of piperidine rings is 1. The molecule has 264 valence electrons. The quantitative estimate of drug-likeness (QED) is 0.150. The van der Waals surface area contributed by atoms with Crippen LogP contribution in [0.4, 0.5) is 0 Å². The summed E-state index contributed by atoms with van der Waals surface area (Å²) >= 11 is 7.80. The Balaban J connectivity index is 0.951. The first-order chi connectivity index (χ1) is 25.7. The third-order valence-corrected chi connectivity index (χ3v) is 11.0. The van der Waals surface area contributed by atoms with E-state index in [1.807, 2.05) is 50.4 Å². The first-order valence-electron chi connectivity index (χ1n) is 17.2. The number of fused-ring (bicyclic) bond motifs is 4. The zero-order valence-corrected chi connectivity index (χ0v) is 30.7. The average Bonchev–Trinajstić information content (AvgIpc) is 3.90. The van der Waals surface area contributed by atoms with Gasteiger partial charge in [0.2, 0.25) is 11.8 Å². The molecule has 0 bridgehead atoms. The summed E-state index contributed by atoms with van der Waals surface area (Å²) in [5.74, 6) is 13.6. The number of carbonyl (C=O) groups is 3. The molecule has 14 heteroatoms. The molecule has 3 aromatic heterocycles. The molecule has 0 aliphatic carbocycles. The molecule has 0 radical (unpaired) electrons. The largest absolute Gasteiger partial charge is 0.322 e. The molecule has 1 fully saturated rings. The monoisotopic (exact) mass is 741 g/mol. The lowest BCUT2D eigenvalue weighted by atomic mass is 9.99. The highest BCUT2D eigenvalue weighted by Gasteiger charge is 2.39. The number of nitrogens with one attached hydrogen (secondary N) is 1. The minimum Gasteiger partial charge on any atom is -0.322 e. The van der Waals surface area contributed by atoms with Crippen LogP contribution in [-0.2, 0) is 22.7 Å². The van der Waals surface area contributed by atoms with E-state index in [0.29, 0.717) is 42.2 Å². The van der Waals surface area contributed by atoms with Crippen LogP contribution >= 0.6 is 22.9 Å². The lowest BCUT2D eigenvalue weighted by Crippen LogP contribution is -2.52. The van der Waals surface area contributed by atoms with E-state index in [1.54, 1.807) is 33.1 Å². The van der Waals surface area contributed by atoms with E-state index in [4.69, 9.17) is 16.6 Å². The van der Waals surface area contributed by atoms with Gasteiger partial charge < -0.3 is 4.90 Å². The van der Waals surface area contributed by atoms with Crippen LogP contribution in [-0.4, -0.2) is 64.1 Å². The van der Waals surface area contributed by atoms with Gasteiger partial charge in [-0.05, 0) is 80.8 Å². The van der Waals surface area contributed by atoms with Gasteiger partial charge in [-0.25, -0.2) is 0 Å². The van der Waals surface area contributed by atoms with Crippen molar-refractivity contribution in [2.45, 2.75) is 71.6 Å². The van der Waals surface area contributed by atoms with Crippen LogP contribution in [0.3, 0.4) is 0 Å². The van der Waals surface area contributed by atoms with E-state index in [9.17, 15) is 14.4 Å². The minimum atomic E-state index is -0.659. The molecule has 53 heavy (non-hydrogen) atoms. The van der Waals surface area contributed by atoms with Gasteiger partial charge in [-0.2, -0.15) is 0 Å². The van der Waals surface area contributed by atoms with E-state index in [2.05, 4.69) is 61.0 Å². The molecule has 0 saturated carbocycles. The number of benzene rings is 2. The van der Waals surface area contributed by atoms with Crippen LogP contribution in [0.25, 0.3) is 5.00 Å². The maximum absolute atomic E-state index is 13.1. The van der Waals surface area contributed by atoms with Crippen LogP contribution < -0.4 is 5.32 Å². The van der Waals surface area contributed by atoms with Crippen LogP contribution in [0.1, 0.15) is 99.0 Å². The van der Waals surface area contributed by atoms with Crippen molar-refractivity contribution in [2.75, 3.05) is 0 Å². The summed E-state index contributed by atoms with van der Waals surface area (Å²) in [5.41, 5.74) is 6.53. The topological polar surface area (TPSA) is 140 Å². The van der Waals surface area contributed by atoms with Crippen LogP contribution in [0.2, 0.25) is 5.02 Å². The molecule has 3 aliphatic rings. The molecular weight excluding hydrogens is 710 g/mol. The average molecular weight is 742 g/mol. The predicted octanol–water partition coefficient (Wildman–Crippen LogP) is 5.10. The third-order valence-electron chi connectivity index (χ3n) is 9.57. The highest BCUT2D eigenvalue weighted by atomic mass is 35.5. The molecule has 5 aromatic rings. The maximum atomic E-state index is 13.1. The second-order valence-corrected chi connectivity index (χ2v) is 14.5. The van der Waals surface area contributed by atoms with Crippen LogP contribution in [0, 0.1) is 37.5 Å².